The summed E-state index contributed by atoms with van der Waals surface area (Å²) in [5.41, 5.74) is 13.4. The third-order valence-corrected chi connectivity index (χ3v) is 4.41. The second-order valence-electron chi connectivity index (χ2n) is 7.04. The normalized spacial score (nSPS) is 13.4. The number of amides is 2. The van der Waals surface area contributed by atoms with Crippen LogP contribution in [0.2, 0.25) is 0 Å². The molecule has 2 aromatic carbocycles. The highest BCUT2D eigenvalue weighted by atomic mass is 16.3. The topological polar surface area (TPSA) is 110 Å². The average molecular weight is 381 g/mol. The number of hydrogen-bond acceptors (Lipinski definition) is 4. The summed E-state index contributed by atoms with van der Waals surface area (Å²) in [5.74, 6) is -1.01. The Morgan fingerprint density at radius 3 is 2.21 bits per heavy atom. The van der Waals surface area contributed by atoms with Crippen LogP contribution in [0.15, 0.2) is 60.8 Å². The molecule has 0 bridgehead atoms. The first-order valence-corrected chi connectivity index (χ1v) is 9.18. The lowest BCUT2D eigenvalue weighted by Crippen LogP contribution is -2.53. The molecule has 148 valence electrons. The summed E-state index contributed by atoms with van der Waals surface area (Å²) in [4.78, 5) is 26.5. The van der Waals surface area contributed by atoms with E-state index < -0.39 is 23.9 Å². The smallest absolute Gasteiger partial charge is 0.244 e. The van der Waals surface area contributed by atoms with Gasteiger partial charge in [-0.2, -0.15) is 0 Å². The van der Waals surface area contributed by atoms with Crippen molar-refractivity contribution in [3.05, 3.63) is 71.9 Å². The minimum Gasteiger partial charge on any atom is -0.508 e. The zero-order valence-electron chi connectivity index (χ0n) is 16.2. The van der Waals surface area contributed by atoms with Crippen LogP contribution in [0.5, 0.6) is 5.75 Å². The van der Waals surface area contributed by atoms with Crippen LogP contribution < -0.4 is 11.5 Å². The summed E-state index contributed by atoms with van der Waals surface area (Å²) < 4.78 is 0. The van der Waals surface area contributed by atoms with E-state index in [9.17, 15) is 14.7 Å². The van der Waals surface area contributed by atoms with Crippen LogP contribution >= 0.6 is 0 Å². The van der Waals surface area contributed by atoms with E-state index in [1.54, 1.807) is 36.5 Å². The van der Waals surface area contributed by atoms with Gasteiger partial charge < -0.3 is 21.5 Å². The Hall–Kier alpha value is -3.12. The zero-order chi connectivity index (χ0) is 20.7. The summed E-state index contributed by atoms with van der Waals surface area (Å²) in [5, 5.41) is 9.39. The Kier molecular flexibility index (Phi) is 7.35. The van der Waals surface area contributed by atoms with Gasteiger partial charge in [0.15, 0.2) is 0 Å². The van der Waals surface area contributed by atoms with Crippen LogP contribution in [0.3, 0.4) is 0 Å². The standard InChI is InChI=1S/C22H27N3O3/c1-15(2)20(21(24)27)25(13-12-16-6-4-3-5-7-16)22(28)19(23)14-17-8-10-18(26)11-9-17/h3-13,15,19-20,26H,14,23H2,1-2H3,(H2,24,27)/t19-,20-/m0/s1. The van der Waals surface area contributed by atoms with Gasteiger partial charge in [-0.05, 0) is 41.7 Å². The molecule has 0 heterocycles. The lowest BCUT2D eigenvalue weighted by Gasteiger charge is -2.31. The Morgan fingerprint density at radius 1 is 1.07 bits per heavy atom. The number of nitrogens with two attached hydrogens (primary N) is 2. The molecule has 0 aliphatic carbocycles. The van der Waals surface area contributed by atoms with Crippen molar-refractivity contribution in [2.75, 3.05) is 0 Å². The minimum atomic E-state index is -0.856. The summed E-state index contributed by atoms with van der Waals surface area (Å²) >= 11 is 0. The number of primary amides is 1. The van der Waals surface area contributed by atoms with Gasteiger partial charge in [0, 0.05) is 6.20 Å². The van der Waals surface area contributed by atoms with Gasteiger partial charge >= 0.3 is 0 Å². The summed E-state index contributed by atoms with van der Waals surface area (Å²) in [7, 11) is 0. The van der Waals surface area contributed by atoms with Gasteiger partial charge in [-0.1, -0.05) is 56.3 Å². The summed E-state index contributed by atoms with van der Waals surface area (Å²) in [6.45, 7) is 3.66. The number of rotatable bonds is 8. The number of carbonyl (C=O) groups is 2. The van der Waals surface area contributed by atoms with Gasteiger partial charge in [-0.15, -0.1) is 0 Å². The van der Waals surface area contributed by atoms with Crippen molar-refractivity contribution < 1.29 is 14.7 Å². The number of aromatic hydroxyl groups is 1. The molecule has 0 aliphatic rings. The van der Waals surface area contributed by atoms with Gasteiger partial charge in [0.05, 0.1) is 6.04 Å². The number of phenolic OH excluding ortho intramolecular Hbond substituents is 1. The van der Waals surface area contributed by atoms with Gasteiger partial charge in [0.25, 0.3) is 0 Å². The van der Waals surface area contributed by atoms with Crippen molar-refractivity contribution >= 4 is 17.9 Å². The predicted octanol–water partition coefficient (Wildman–Crippen LogP) is 2.27. The van der Waals surface area contributed by atoms with Crippen LogP contribution in [-0.2, 0) is 16.0 Å². The molecule has 2 aromatic rings. The van der Waals surface area contributed by atoms with E-state index >= 15 is 0 Å². The van der Waals surface area contributed by atoms with E-state index in [0.29, 0.717) is 0 Å². The fourth-order valence-corrected chi connectivity index (χ4v) is 2.99. The lowest BCUT2D eigenvalue weighted by molar-refractivity contribution is -0.138. The number of phenols is 1. The molecule has 6 nitrogen and oxygen atoms in total. The molecule has 2 atom stereocenters. The Morgan fingerprint density at radius 2 is 1.68 bits per heavy atom. The number of nitrogens with zero attached hydrogens (tertiary/aromatic N) is 1. The molecule has 0 fully saturated rings. The fraction of sp³-hybridized carbons (Fsp3) is 0.273. The molecule has 5 N–H and O–H groups in total. The third kappa shape index (κ3) is 5.69. The highest BCUT2D eigenvalue weighted by Crippen LogP contribution is 2.17. The van der Waals surface area contributed by atoms with Crippen LogP contribution in [0.1, 0.15) is 25.0 Å². The molecular weight excluding hydrogens is 354 g/mol. The highest BCUT2D eigenvalue weighted by molar-refractivity contribution is 5.90. The van der Waals surface area contributed by atoms with Gasteiger partial charge in [0.2, 0.25) is 11.8 Å². The molecule has 0 spiro atoms. The number of hydrogen-bond donors (Lipinski definition) is 3. The summed E-state index contributed by atoms with van der Waals surface area (Å²) in [6.07, 6.45) is 3.60. The van der Waals surface area contributed by atoms with Gasteiger partial charge in [-0.25, -0.2) is 0 Å². The SMILES string of the molecule is CC(C)[C@@H](C(N)=O)N(C=Cc1ccccc1)C(=O)[C@@H](N)Cc1ccc(O)cc1. The molecular formula is C22H27N3O3. The summed E-state index contributed by atoms with van der Waals surface area (Å²) in [6, 6.07) is 14.3. The van der Waals surface area contributed by atoms with E-state index in [4.69, 9.17) is 11.5 Å². The minimum absolute atomic E-state index is 0.143. The van der Waals surface area contributed by atoms with Crippen LogP contribution in [0.4, 0.5) is 0 Å². The average Bonchev–Trinajstić information content (AvgIpc) is 2.66. The Labute approximate surface area is 165 Å². The molecule has 0 saturated carbocycles. The maximum atomic E-state index is 13.1. The highest BCUT2D eigenvalue weighted by Gasteiger charge is 2.32. The molecule has 0 aliphatic heterocycles. The fourth-order valence-electron chi connectivity index (χ4n) is 2.99. The zero-order valence-corrected chi connectivity index (χ0v) is 16.2. The van der Waals surface area contributed by atoms with Crippen LogP contribution in [0.25, 0.3) is 6.08 Å². The van der Waals surface area contributed by atoms with Crippen molar-refractivity contribution in [2.24, 2.45) is 17.4 Å². The van der Waals surface area contributed by atoms with Gasteiger partial charge in [0.1, 0.15) is 11.8 Å². The van der Waals surface area contributed by atoms with Gasteiger partial charge in [-0.3, -0.25) is 9.59 Å². The van der Waals surface area contributed by atoms with Crippen molar-refractivity contribution in [1.82, 2.24) is 4.90 Å². The number of carbonyl (C=O) groups excluding carboxylic acids is 2. The largest absolute Gasteiger partial charge is 0.508 e. The molecule has 0 saturated heterocycles. The number of benzene rings is 2. The Bertz CT molecular complexity index is 817. The van der Waals surface area contributed by atoms with Crippen molar-refractivity contribution in [3.63, 3.8) is 0 Å². The Balaban J connectivity index is 2.27. The maximum absolute atomic E-state index is 13.1. The lowest BCUT2D eigenvalue weighted by atomic mass is 9.99. The maximum Gasteiger partial charge on any atom is 0.244 e. The van der Waals surface area contributed by atoms with E-state index in [0.717, 1.165) is 11.1 Å². The first-order chi connectivity index (χ1) is 13.3. The quantitative estimate of drug-likeness (QED) is 0.651. The predicted molar refractivity (Wildman–Crippen MR) is 110 cm³/mol. The molecule has 2 amide bonds. The molecule has 0 radical (unpaired) electrons. The monoisotopic (exact) mass is 381 g/mol. The molecule has 28 heavy (non-hydrogen) atoms. The van der Waals surface area contributed by atoms with Crippen LogP contribution in [-0.4, -0.2) is 33.9 Å². The molecule has 0 aromatic heterocycles. The van der Waals surface area contributed by atoms with Crippen LogP contribution in [0, 0.1) is 5.92 Å². The van der Waals surface area contributed by atoms with E-state index in [-0.39, 0.29) is 18.1 Å². The first-order valence-electron chi connectivity index (χ1n) is 9.18. The molecule has 0 unspecified atom stereocenters. The second-order valence-corrected chi connectivity index (χ2v) is 7.04. The van der Waals surface area contributed by atoms with Crippen molar-refractivity contribution in [1.29, 1.82) is 0 Å². The second kappa shape index (κ2) is 9.71. The van der Waals surface area contributed by atoms with E-state index in [2.05, 4.69) is 0 Å². The molecule has 2 rings (SSSR count). The third-order valence-electron chi connectivity index (χ3n) is 4.41. The van der Waals surface area contributed by atoms with Crippen molar-refractivity contribution in [3.8, 4) is 5.75 Å². The van der Waals surface area contributed by atoms with E-state index in [1.165, 1.54) is 4.90 Å². The van der Waals surface area contributed by atoms with E-state index in [1.807, 2.05) is 44.2 Å². The first kappa shape index (κ1) is 21.2. The van der Waals surface area contributed by atoms with Crippen molar-refractivity contribution in [2.45, 2.75) is 32.4 Å². The molecule has 6 heteroatoms.